The molecule has 3 atom stereocenters. The molecule has 1 aromatic carbocycles. The predicted molar refractivity (Wildman–Crippen MR) is 107 cm³/mol. The van der Waals surface area contributed by atoms with Crippen molar-refractivity contribution in [1.82, 2.24) is 10.3 Å². The molecule has 2 aromatic rings. The van der Waals surface area contributed by atoms with Gasteiger partial charge in [0.15, 0.2) is 0 Å². The van der Waals surface area contributed by atoms with Gasteiger partial charge in [0, 0.05) is 49.9 Å². The number of fused-ring (bicyclic) bond motifs is 1. The number of pyridine rings is 1. The van der Waals surface area contributed by atoms with Gasteiger partial charge in [0.25, 0.3) is 0 Å². The molecule has 1 aliphatic carbocycles. The molecule has 2 aliphatic rings. The Labute approximate surface area is 160 Å². The fraction of sp³-hybridized carbons (Fsp3) is 0.364. The van der Waals surface area contributed by atoms with Crippen LogP contribution in [0, 0.1) is 17.8 Å². The number of piperidine rings is 1. The number of nitrogens with zero attached hydrogens (tertiary/aromatic N) is 2. The molecule has 27 heavy (non-hydrogen) atoms. The van der Waals surface area contributed by atoms with Gasteiger partial charge in [0.2, 0.25) is 5.91 Å². The van der Waals surface area contributed by atoms with Gasteiger partial charge < -0.3 is 15.0 Å². The summed E-state index contributed by atoms with van der Waals surface area (Å²) in [6, 6.07) is 12.1. The van der Waals surface area contributed by atoms with E-state index < -0.39 is 0 Å². The fourth-order valence-electron chi connectivity index (χ4n) is 4.16. The van der Waals surface area contributed by atoms with E-state index in [0.717, 1.165) is 55.1 Å². The molecule has 0 radical (unpaired) electrons. The van der Waals surface area contributed by atoms with Crippen LogP contribution in [0.1, 0.15) is 12.0 Å². The van der Waals surface area contributed by atoms with Gasteiger partial charge in [-0.2, -0.15) is 0 Å². The Morgan fingerprint density at radius 2 is 2.15 bits per heavy atom. The summed E-state index contributed by atoms with van der Waals surface area (Å²) in [6.45, 7) is 2.96. The van der Waals surface area contributed by atoms with Crippen molar-refractivity contribution in [3.05, 3.63) is 60.4 Å². The molecule has 2 fully saturated rings. The molecule has 1 aromatic heterocycles. The molecule has 1 saturated carbocycles. The predicted octanol–water partition coefficient (Wildman–Crippen LogP) is 2.99. The largest absolute Gasteiger partial charge is 0.497 e. The molecule has 2 heterocycles. The zero-order valence-corrected chi connectivity index (χ0v) is 15.5. The smallest absolute Gasteiger partial charge is 0.244 e. The van der Waals surface area contributed by atoms with Crippen molar-refractivity contribution in [3.8, 4) is 5.75 Å². The van der Waals surface area contributed by atoms with E-state index in [1.807, 2.05) is 24.3 Å². The van der Waals surface area contributed by atoms with Gasteiger partial charge in [-0.25, -0.2) is 0 Å². The Hall–Kier alpha value is -2.82. The third-order valence-corrected chi connectivity index (χ3v) is 5.68. The Kier molecular flexibility index (Phi) is 5.10. The third kappa shape index (κ3) is 4.13. The Bertz CT molecular complexity index is 809. The Balaban J connectivity index is 1.18. The first kappa shape index (κ1) is 17.6. The Morgan fingerprint density at radius 1 is 1.30 bits per heavy atom. The number of hydrogen-bond donors (Lipinski definition) is 1. The van der Waals surface area contributed by atoms with Crippen LogP contribution in [0.15, 0.2) is 54.9 Å². The first-order valence-electron chi connectivity index (χ1n) is 9.49. The van der Waals surface area contributed by atoms with Crippen LogP contribution in [0.5, 0.6) is 5.75 Å². The maximum atomic E-state index is 11.9. The minimum atomic E-state index is -0.0392. The van der Waals surface area contributed by atoms with E-state index in [0.29, 0.717) is 0 Å². The van der Waals surface area contributed by atoms with E-state index in [9.17, 15) is 4.79 Å². The number of methoxy groups -OCH3 is 1. The average molecular weight is 363 g/mol. The van der Waals surface area contributed by atoms with Crippen molar-refractivity contribution in [1.29, 1.82) is 0 Å². The van der Waals surface area contributed by atoms with Crippen molar-refractivity contribution in [2.75, 3.05) is 31.6 Å². The summed E-state index contributed by atoms with van der Waals surface area (Å²) in [4.78, 5) is 18.4. The van der Waals surface area contributed by atoms with E-state index in [4.69, 9.17) is 4.74 Å². The molecular formula is C22H25N3O2. The molecule has 1 saturated heterocycles. The van der Waals surface area contributed by atoms with Crippen LogP contribution in [0.3, 0.4) is 0 Å². The number of nitrogens with one attached hydrogen (secondary N) is 1. The number of ether oxygens (including phenoxy) is 1. The highest BCUT2D eigenvalue weighted by Gasteiger charge is 2.54. The van der Waals surface area contributed by atoms with Crippen molar-refractivity contribution in [2.24, 2.45) is 17.8 Å². The number of carbonyl (C=O) groups is 1. The summed E-state index contributed by atoms with van der Waals surface area (Å²) in [5.74, 6) is 3.14. The molecule has 5 nitrogen and oxygen atoms in total. The number of hydrogen-bond acceptors (Lipinski definition) is 4. The molecule has 0 bridgehead atoms. The van der Waals surface area contributed by atoms with Crippen LogP contribution < -0.4 is 15.0 Å². The van der Waals surface area contributed by atoms with Gasteiger partial charge >= 0.3 is 0 Å². The molecule has 1 N–H and O–H groups in total. The molecule has 0 spiro atoms. The van der Waals surface area contributed by atoms with Crippen LogP contribution in [0.4, 0.5) is 5.69 Å². The second-order valence-electron chi connectivity index (χ2n) is 7.30. The zero-order valence-electron chi connectivity index (χ0n) is 15.5. The number of aromatic nitrogens is 1. The van der Waals surface area contributed by atoms with Gasteiger partial charge in [0.1, 0.15) is 5.75 Å². The minimum absolute atomic E-state index is 0.0392. The number of anilines is 1. The second-order valence-corrected chi connectivity index (χ2v) is 7.30. The molecule has 5 heteroatoms. The molecule has 0 unspecified atom stereocenters. The molecular weight excluding hydrogens is 338 g/mol. The monoisotopic (exact) mass is 363 g/mol. The van der Waals surface area contributed by atoms with E-state index in [1.54, 1.807) is 31.7 Å². The lowest BCUT2D eigenvalue weighted by Gasteiger charge is -2.22. The molecule has 1 amide bonds. The van der Waals surface area contributed by atoms with Gasteiger partial charge in [-0.1, -0.05) is 12.1 Å². The summed E-state index contributed by atoms with van der Waals surface area (Å²) < 4.78 is 5.32. The number of amides is 1. The summed E-state index contributed by atoms with van der Waals surface area (Å²) in [5, 5.41) is 3.00. The lowest BCUT2D eigenvalue weighted by molar-refractivity contribution is -0.116. The summed E-state index contributed by atoms with van der Waals surface area (Å²) >= 11 is 0. The number of benzene rings is 1. The number of rotatable bonds is 7. The first-order valence-corrected chi connectivity index (χ1v) is 9.49. The molecule has 4 rings (SSSR count). The third-order valence-electron chi connectivity index (χ3n) is 5.68. The lowest BCUT2D eigenvalue weighted by atomic mass is 10.1. The standard InChI is InChI=1S/C22H25N3O2/c1-27-18-6-2-5-17(12-18)25-14-20-19(21(20)15-25)9-11-24-22(26)8-7-16-4-3-10-23-13-16/h2-8,10,12-13,19-21H,9,11,14-15H2,1H3,(H,24,26)/b8-7+/t19-,20-,21+. The van der Waals surface area contributed by atoms with Crippen molar-refractivity contribution >= 4 is 17.7 Å². The van der Waals surface area contributed by atoms with E-state index >= 15 is 0 Å². The maximum absolute atomic E-state index is 11.9. The summed E-state index contributed by atoms with van der Waals surface area (Å²) in [5.41, 5.74) is 2.18. The number of carbonyl (C=O) groups excluding carboxylic acids is 1. The quantitative estimate of drug-likeness (QED) is 0.769. The summed E-state index contributed by atoms with van der Waals surface area (Å²) in [7, 11) is 1.71. The second kappa shape index (κ2) is 7.82. The highest BCUT2D eigenvalue weighted by atomic mass is 16.5. The van der Waals surface area contributed by atoms with Crippen LogP contribution >= 0.6 is 0 Å². The highest BCUT2D eigenvalue weighted by molar-refractivity contribution is 5.91. The van der Waals surface area contributed by atoms with Gasteiger partial charge in [0.05, 0.1) is 7.11 Å². The fourth-order valence-corrected chi connectivity index (χ4v) is 4.16. The lowest BCUT2D eigenvalue weighted by Crippen LogP contribution is -2.26. The van der Waals surface area contributed by atoms with E-state index in [2.05, 4.69) is 27.3 Å². The van der Waals surface area contributed by atoms with E-state index in [1.165, 1.54) is 5.69 Å². The van der Waals surface area contributed by atoms with Gasteiger partial charge in [-0.15, -0.1) is 0 Å². The minimum Gasteiger partial charge on any atom is -0.497 e. The van der Waals surface area contributed by atoms with Crippen molar-refractivity contribution in [2.45, 2.75) is 6.42 Å². The van der Waals surface area contributed by atoms with Crippen LogP contribution in [-0.4, -0.2) is 37.6 Å². The van der Waals surface area contributed by atoms with Gasteiger partial charge in [-0.3, -0.25) is 9.78 Å². The average Bonchev–Trinajstić information content (AvgIpc) is 3.15. The molecule has 140 valence electrons. The van der Waals surface area contributed by atoms with Crippen molar-refractivity contribution in [3.63, 3.8) is 0 Å². The topological polar surface area (TPSA) is 54.5 Å². The summed E-state index contributed by atoms with van der Waals surface area (Å²) in [6.07, 6.45) is 7.89. The zero-order chi connectivity index (χ0) is 18.6. The Morgan fingerprint density at radius 3 is 2.89 bits per heavy atom. The first-order chi connectivity index (χ1) is 13.2. The maximum Gasteiger partial charge on any atom is 0.244 e. The van der Waals surface area contributed by atoms with Crippen molar-refractivity contribution < 1.29 is 9.53 Å². The van der Waals surface area contributed by atoms with Gasteiger partial charge in [-0.05, 0) is 54.0 Å². The normalized spacial score (nSPS) is 23.3. The highest BCUT2D eigenvalue weighted by Crippen LogP contribution is 2.54. The van der Waals surface area contributed by atoms with Crippen LogP contribution in [0.2, 0.25) is 0 Å². The van der Waals surface area contributed by atoms with E-state index in [-0.39, 0.29) is 5.91 Å². The SMILES string of the molecule is COc1cccc(N2C[C@@H]3[C@@H](CCNC(=O)/C=C/c4cccnc4)[C@@H]3C2)c1. The van der Waals surface area contributed by atoms with Crippen LogP contribution in [-0.2, 0) is 4.79 Å². The van der Waals surface area contributed by atoms with Crippen LogP contribution in [0.25, 0.3) is 6.08 Å². The molecule has 1 aliphatic heterocycles.